The van der Waals surface area contributed by atoms with E-state index in [0.29, 0.717) is 5.41 Å². The van der Waals surface area contributed by atoms with E-state index in [1.165, 1.54) is 53.3 Å². The summed E-state index contributed by atoms with van der Waals surface area (Å²) in [7, 11) is 0. The highest BCUT2D eigenvalue weighted by Crippen LogP contribution is 2.42. The van der Waals surface area contributed by atoms with E-state index in [4.69, 9.17) is 0 Å². The van der Waals surface area contributed by atoms with Gasteiger partial charge < -0.3 is 0 Å². The Morgan fingerprint density at radius 1 is 1.05 bits per heavy atom. The van der Waals surface area contributed by atoms with Gasteiger partial charge in [-0.05, 0) is 42.2 Å². The van der Waals surface area contributed by atoms with Crippen LogP contribution < -0.4 is 0 Å². The largest absolute Gasteiger partial charge is 0.139 e. The number of thiophene rings is 1. The summed E-state index contributed by atoms with van der Waals surface area (Å²) >= 11 is 2.02. The van der Waals surface area contributed by atoms with Crippen LogP contribution in [0.5, 0.6) is 0 Å². The van der Waals surface area contributed by atoms with Crippen molar-refractivity contribution in [1.29, 1.82) is 0 Å². The van der Waals surface area contributed by atoms with Crippen molar-refractivity contribution in [2.75, 3.05) is 0 Å². The maximum atomic E-state index is 2.42. The van der Waals surface area contributed by atoms with Crippen LogP contribution in [0.25, 0.3) is 10.1 Å². The molecule has 0 aliphatic carbocycles. The van der Waals surface area contributed by atoms with E-state index in [2.05, 4.69) is 52.8 Å². The lowest BCUT2D eigenvalue weighted by Crippen LogP contribution is -2.16. The fourth-order valence-electron chi connectivity index (χ4n) is 3.14. The molecule has 0 saturated carbocycles. The molecule has 2 aromatic rings. The maximum Gasteiger partial charge on any atom is 0.0377 e. The Labute approximate surface area is 128 Å². The SMILES string of the molecule is CCCCCCC(C)(C)c1sc2c(C)cccc2c1C. The number of aryl methyl sites for hydroxylation is 2. The van der Waals surface area contributed by atoms with Gasteiger partial charge in [0.2, 0.25) is 0 Å². The molecule has 1 aromatic carbocycles. The lowest BCUT2D eigenvalue weighted by molar-refractivity contribution is 0.452. The molecule has 1 heteroatoms. The van der Waals surface area contributed by atoms with Crippen molar-refractivity contribution >= 4 is 21.4 Å². The topological polar surface area (TPSA) is 0 Å². The highest BCUT2D eigenvalue weighted by Gasteiger charge is 2.25. The second-order valence-corrected chi connectivity index (χ2v) is 7.72. The van der Waals surface area contributed by atoms with Gasteiger partial charge in [-0.2, -0.15) is 0 Å². The Morgan fingerprint density at radius 2 is 1.80 bits per heavy atom. The number of fused-ring (bicyclic) bond motifs is 1. The van der Waals surface area contributed by atoms with Crippen LogP contribution in [0.1, 0.15) is 68.9 Å². The second kappa shape index (κ2) is 6.30. The van der Waals surface area contributed by atoms with E-state index in [0.717, 1.165) is 0 Å². The van der Waals surface area contributed by atoms with Gasteiger partial charge in [0.1, 0.15) is 0 Å². The zero-order valence-corrected chi connectivity index (χ0v) is 14.5. The molecule has 0 aliphatic heterocycles. The summed E-state index contributed by atoms with van der Waals surface area (Å²) in [6.45, 7) is 11.7. The molecule has 0 fully saturated rings. The van der Waals surface area contributed by atoms with Crippen molar-refractivity contribution in [2.24, 2.45) is 0 Å². The van der Waals surface area contributed by atoms with Gasteiger partial charge in [-0.1, -0.05) is 64.7 Å². The number of hydrogen-bond acceptors (Lipinski definition) is 1. The molecular weight excluding hydrogens is 260 g/mol. The summed E-state index contributed by atoms with van der Waals surface area (Å²) in [5.74, 6) is 0. The molecule has 0 unspecified atom stereocenters. The van der Waals surface area contributed by atoms with Gasteiger partial charge in [0.25, 0.3) is 0 Å². The number of rotatable bonds is 6. The highest BCUT2D eigenvalue weighted by atomic mass is 32.1. The molecule has 110 valence electrons. The van der Waals surface area contributed by atoms with E-state index in [1.54, 1.807) is 4.88 Å². The molecule has 0 amide bonds. The van der Waals surface area contributed by atoms with Gasteiger partial charge in [0.05, 0.1) is 0 Å². The van der Waals surface area contributed by atoms with Crippen LogP contribution in [-0.2, 0) is 5.41 Å². The predicted molar refractivity (Wildman–Crippen MR) is 93.1 cm³/mol. The molecule has 0 radical (unpaired) electrons. The van der Waals surface area contributed by atoms with Gasteiger partial charge in [-0.15, -0.1) is 11.3 Å². The van der Waals surface area contributed by atoms with Crippen molar-refractivity contribution in [3.8, 4) is 0 Å². The Balaban J connectivity index is 2.27. The zero-order valence-electron chi connectivity index (χ0n) is 13.7. The minimum Gasteiger partial charge on any atom is -0.139 e. The van der Waals surface area contributed by atoms with E-state index >= 15 is 0 Å². The molecule has 0 aliphatic rings. The number of unbranched alkanes of at least 4 members (excludes halogenated alkanes) is 3. The molecule has 0 spiro atoms. The monoisotopic (exact) mass is 288 g/mol. The third-order valence-corrected chi connectivity index (χ3v) is 6.24. The van der Waals surface area contributed by atoms with Crippen LogP contribution in [0, 0.1) is 13.8 Å². The first-order chi connectivity index (χ1) is 9.47. The minimum atomic E-state index is 0.313. The maximum absolute atomic E-state index is 2.42. The molecule has 2 rings (SSSR count). The van der Waals surface area contributed by atoms with Crippen molar-refractivity contribution in [3.05, 3.63) is 34.2 Å². The van der Waals surface area contributed by atoms with E-state index in [-0.39, 0.29) is 0 Å². The summed E-state index contributed by atoms with van der Waals surface area (Å²) in [6.07, 6.45) is 6.73. The molecule has 0 nitrogen and oxygen atoms in total. The van der Waals surface area contributed by atoms with E-state index < -0.39 is 0 Å². The van der Waals surface area contributed by atoms with Crippen molar-refractivity contribution in [1.82, 2.24) is 0 Å². The average Bonchev–Trinajstić information content (AvgIpc) is 2.75. The fraction of sp³-hybridized carbons (Fsp3) is 0.579. The predicted octanol–water partition coefficient (Wildman–Crippen LogP) is 6.77. The molecule has 0 atom stereocenters. The second-order valence-electron chi connectivity index (χ2n) is 6.70. The van der Waals surface area contributed by atoms with E-state index in [9.17, 15) is 0 Å². The Bertz CT molecular complexity index is 575. The highest BCUT2D eigenvalue weighted by molar-refractivity contribution is 7.19. The van der Waals surface area contributed by atoms with Gasteiger partial charge in [0.15, 0.2) is 0 Å². The normalized spacial score (nSPS) is 12.2. The fourth-order valence-corrected chi connectivity index (χ4v) is 4.54. The Kier molecular flexibility index (Phi) is 4.90. The summed E-state index contributed by atoms with van der Waals surface area (Å²) in [5.41, 5.74) is 3.24. The summed E-state index contributed by atoms with van der Waals surface area (Å²) < 4.78 is 1.49. The van der Waals surface area contributed by atoms with Crippen molar-refractivity contribution in [2.45, 2.75) is 72.1 Å². The van der Waals surface area contributed by atoms with Gasteiger partial charge in [0, 0.05) is 9.58 Å². The smallest absolute Gasteiger partial charge is 0.0377 e. The molecule has 1 aromatic heterocycles. The molecule has 0 N–H and O–H groups in total. The van der Waals surface area contributed by atoms with E-state index in [1.807, 2.05) is 11.3 Å². The van der Waals surface area contributed by atoms with Crippen molar-refractivity contribution in [3.63, 3.8) is 0 Å². The summed E-state index contributed by atoms with van der Waals surface area (Å²) in [6, 6.07) is 6.70. The lowest BCUT2D eigenvalue weighted by atomic mass is 9.83. The number of hydrogen-bond donors (Lipinski definition) is 0. The van der Waals surface area contributed by atoms with Crippen LogP contribution in [0.3, 0.4) is 0 Å². The summed E-state index contributed by atoms with van der Waals surface area (Å²) in [5, 5.41) is 1.46. The molecular formula is C19H28S. The Hall–Kier alpha value is -0.820. The zero-order chi connectivity index (χ0) is 14.8. The van der Waals surface area contributed by atoms with Gasteiger partial charge in [-0.25, -0.2) is 0 Å². The molecule has 0 saturated heterocycles. The van der Waals surface area contributed by atoms with Crippen molar-refractivity contribution < 1.29 is 0 Å². The van der Waals surface area contributed by atoms with Crippen LogP contribution in [0.4, 0.5) is 0 Å². The molecule has 1 heterocycles. The van der Waals surface area contributed by atoms with Gasteiger partial charge >= 0.3 is 0 Å². The average molecular weight is 289 g/mol. The first kappa shape index (κ1) is 15.6. The van der Waals surface area contributed by atoms with Gasteiger partial charge in [-0.3, -0.25) is 0 Å². The van der Waals surface area contributed by atoms with Crippen LogP contribution in [0.2, 0.25) is 0 Å². The first-order valence-electron chi connectivity index (χ1n) is 7.96. The third-order valence-electron chi connectivity index (χ3n) is 4.43. The molecule has 20 heavy (non-hydrogen) atoms. The third kappa shape index (κ3) is 3.09. The summed E-state index contributed by atoms with van der Waals surface area (Å²) in [4.78, 5) is 1.60. The van der Waals surface area contributed by atoms with Crippen LogP contribution in [-0.4, -0.2) is 0 Å². The van der Waals surface area contributed by atoms with Crippen LogP contribution >= 0.6 is 11.3 Å². The lowest BCUT2D eigenvalue weighted by Gasteiger charge is -2.24. The molecule has 0 bridgehead atoms. The minimum absolute atomic E-state index is 0.313. The quantitative estimate of drug-likeness (QED) is 0.515. The number of benzene rings is 1. The first-order valence-corrected chi connectivity index (χ1v) is 8.78. The Morgan fingerprint density at radius 3 is 2.45 bits per heavy atom. The van der Waals surface area contributed by atoms with Crippen LogP contribution in [0.15, 0.2) is 18.2 Å². The standard InChI is InChI=1S/C19H28S/c1-6-7-8-9-13-19(4,5)18-15(3)16-12-10-11-14(2)17(16)20-18/h10-12H,6-9,13H2,1-5H3.